The zero-order chi connectivity index (χ0) is 14.5. The van der Waals surface area contributed by atoms with E-state index in [-0.39, 0.29) is 11.9 Å². The Morgan fingerprint density at radius 2 is 1.95 bits per heavy atom. The van der Waals surface area contributed by atoms with E-state index in [0.29, 0.717) is 6.54 Å². The Hall–Kier alpha value is -0.870. The average Bonchev–Trinajstić information content (AvgIpc) is 2.42. The first kappa shape index (κ1) is 15.5. The van der Waals surface area contributed by atoms with Gasteiger partial charge in [-0.15, -0.1) is 0 Å². The summed E-state index contributed by atoms with van der Waals surface area (Å²) in [6, 6.07) is 8.18. The smallest absolute Gasteiger partial charge is 0.275 e. The van der Waals surface area contributed by atoms with Crippen molar-refractivity contribution in [2.75, 3.05) is 19.6 Å². The molecule has 0 unspecified atom stereocenters. The highest BCUT2D eigenvalue weighted by Gasteiger charge is 2.21. The van der Waals surface area contributed by atoms with Gasteiger partial charge in [-0.2, -0.15) is 0 Å². The summed E-state index contributed by atoms with van der Waals surface area (Å²) in [6.07, 6.45) is 2.48. The Labute approximate surface area is 129 Å². The number of halogens is 1. The van der Waals surface area contributed by atoms with Crippen LogP contribution in [0.5, 0.6) is 0 Å². The molecule has 1 aromatic carbocycles. The lowest BCUT2D eigenvalue weighted by atomic mass is 9.99. The maximum atomic E-state index is 12.1. The van der Waals surface area contributed by atoms with Crippen LogP contribution in [0.25, 0.3) is 0 Å². The second kappa shape index (κ2) is 7.23. The monoisotopic (exact) mass is 339 g/mol. The lowest BCUT2D eigenvalue weighted by molar-refractivity contribution is -0.898. The number of amides is 1. The molecule has 110 valence electrons. The molecule has 20 heavy (non-hydrogen) atoms. The van der Waals surface area contributed by atoms with Gasteiger partial charge in [0.05, 0.1) is 19.1 Å². The SMILES string of the molecule is CC1CC[NH+](CC(=O)N[C@@H](C)c2ccc(Br)cc2)CC1. The zero-order valence-electron chi connectivity index (χ0n) is 12.3. The van der Waals surface area contributed by atoms with E-state index in [1.54, 1.807) is 0 Å². The first-order valence-electron chi connectivity index (χ1n) is 7.43. The van der Waals surface area contributed by atoms with Crippen LogP contribution in [0.15, 0.2) is 28.7 Å². The molecule has 1 atom stereocenters. The maximum absolute atomic E-state index is 12.1. The molecule has 1 amide bonds. The second-order valence-corrected chi connectivity index (χ2v) is 6.87. The van der Waals surface area contributed by atoms with Crippen molar-refractivity contribution in [2.45, 2.75) is 32.7 Å². The Morgan fingerprint density at radius 1 is 1.35 bits per heavy atom. The predicted octanol–water partition coefficient (Wildman–Crippen LogP) is 1.94. The van der Waals surface area contributed by atoms with E-state index < -0.39 is 0 Å². The standard InChI is InChI=1S/C16H23BrN2O/c1-12-7-9-19(10-8-12)11-16(20)18-13(2)14-3-5-15(17)6-4-14/h3-6,12-13H,7-11H2,1-2H3,(H,18,20)/p+1/t13-/m0/s1. The molecular formula is C16H24BrN2O+. The molecule has 2 rings (SSSR count). The molecule has 3 nitrogen and oxygen atoms in total. The van der Waals surface area contributed by atoms with Crippen molar-refractivity contribution < 1.29 is 9.69 Å². The van der Waals surface area contributed by atoms with Crippen LogP contribution >= 0.6 is 15.9 Å². The maximum Gasteiger partial charge on any atom is 0.275 e. The van der Waals surface area contributed by atoms with Gasteiger partial charge >= 0.3 is 0 Å². The third-order valence-corrected chi connectivity index (χ3v) is 4.67. The number of carbonyl (C=O) groups is 1. The number of likely N-dealkylation sites (tertiary alicyclic amines) is 1. The minimum absolute atomic E-state index is 0.0683. The second-order valence-electron chi connectivity index (χ2n) is 5.95. The van der Waals surface area contributed by atoms with Gasteiger partial charge in [-0.25, -0.2) is 0 Å². The van der Waals surface area contributed by atoms with Gasteiger partial charge in [0.15, 0.2) is 6.54 Å². The van der Waals surface area contributed by atoms with Crippen LogP contribution in [0.1, 0.15) is 38.3 Å². The summed E-state index contributed by atoms with van der Waals surface area (Å²) in [4.78, 5) is 13.5. The van der Waals surface area contributed by atoms with Crippen LogP contribution in [-0.4, -0.2) is 25.5 Å². The molecule has 0 radical (unpaired) electrons. The highest BCUT2D eigenvalue weighted by Crippen LogP contribution is 2.16. The van der Waals surface area contributed by atoms with E-state index in [9.17, 15) is 4.79 Å². The van der Waals surface area contributed by atoms with Crippen molar-refractivity contribution in [3.05, 3.63) is 34.3 Å². The van der Waals surface area contributed by atoms with Crippen molar-refractivity contribution in [3.8, 4) is 0 Å². The first-order valence-corrected chi connectivity index (χ1v) is 8.22. The molecule has 1 aliphatic rings. The molecule has 4 heteroatoms. The summed E-state index contributed by atoms with van der Waals surface area (Å²) in [6.45, 7) is 7.19. The van der Waals surface area contributed by atoms with Gasteiger partial charge < -0.3 is 10.2 Å². The highest BCUT2D eigenvalue weighted by molar-refractivity contribution is 9.10. The van der Waals surface area contributed by atoms with Crippen LogP contribution in [0.4, 0.5) is 0 Å². The van der Waals surface area contributed by atoms with Crippen molar-refractivity contribution in [2.24, 2.45) is 5.92 Å². The van der Waals surface area contributed by atoms with Crippen molar-refractivity contribution in [3.63, 3.8) is 0 Å². The van der Waals surface area contributed by atoms with Gasteiger partial charge in [-0.05, 0) is 43.4 Å². The van der Waals surface area contributed by atoms with E-state index in [1.807, 2.05) is 31.2 Å². The van der Waals surface area contributed by atoms with Gasteiger partial charge in [0.2, 0.25) is 0 Å². The summed E-state index contributed by atoms with van der Waals surface area (Å²) >= 11 is 3.43. The van der Waals surface area contributed by atoms with Crippen LogP contribution in [0.3, 0.4) is 0 Å². The van der Waals surface area contributed by atoms with Crippen LogP contribution in [-0.2, 0) is 4.79 Å². The quantitative estimate of drug-likeness (QED) is 0.863. The number of quaternary nitrogens is 1. The van der Waals surface area contributed by atoms with Gasteiger partial charge in [-0.1, -0.05) is 35.0 Å². The van der Waals surface area contributed by atoms with Gasteiger partial charge in [0.25, 0.3) is 5.91 Å². The zero-order valence-corrected chi connectivity index (χ0v) is 13.9. The molecule has 2 N–H and O–H groups in total. The minimum Gasteiger partial charge on any atom is -0.345 e. The number of piperidine rings is 1. The molecule has 1 aliphatic heterocycles. The van der Waals surface area contributed by atoms with Crippen molar-refractivity contribution in [1.29, 1.82) is 0 Å². The molecule has 1 saturated heterocycles. The summed E-state index contributed by atoms with van der Waals surface area (Å²) in [7, 11) is 0. The lowest BCUT2D eigenvalue weighted by Gasteiger charge is -2.27. The number of hydrogen-bond acceptors (Lipinski definition) is 1. The minimum atomic E-state index is 0.0683. The molecule has 1 aromatic rings. The van der Waals surface area contributed by atoms with Crippen LogP contribution < -0.4 is 10.2 Å². The Balaban J connectivity index is 1.80. The fourth-order valence-electron chi connectivity index (χ4n) is 2.70. The van der Waals surface area contributed by atoms with E-state index in [2.05, 4.69) is 28.2 Å². The van der Waals surface area contributed by atoms with Crippen LogP contribution in [0.2, 0.25) is 0 Å². The summed E-state index contributed by atoms with van der Waals surface area (Å²) in [5.41, 5.74) is 1.14. The van der Waals surface area contributed by atoms with E-state index >= 15 is 0 Å². The lowest BCUT2D eigenvalue weighted by Crippen LogP contribution is -3.14. The van der Waals surface area contributed by atoms with Crippen LogP contribution in [0, 0.1) is 5.92 Å². The van der Waals surface area contributed by atoms with Crippen molar-refractivity contribution in [1.82, 2.24) is 5.32 Å². The molecule has 0 saturated carbocycles. The highest BCUT2D eigenvalue weighted by atomic mass is 79.9. The van der Waals surface area contributed by atoms with Gasteiger partial charge in [-0.3, -0.25) is 4.79 Å². The number of hydrogen-bond donors (Lipinski definition) is 2. The third kappa shape index (κ3) is 4.60. The summed E-state index contributed by atoms with van der Waals surface area (Å²) in [5, 5.41) is 3.10. The molecule has 1 fully saturated rings. The Morgan fingerprint density at radius 3 is 2.55 bits per heavy atom. The fourth-order valence-corrected chi connectivity index (χ4v) is 2.97. The number of nitrogens with one attached hydrogen (secondary N) is 2. The van der Waals surface area contributed by atoms with Gasteiger partial charge in [0.1, 0.15) is 0 Å². The summed E-state index contributed by atoms with van der Waals surface area (Å²) in [5.74, 6) is 0.980. The fraction of sp³-hybridized carbons (Fsp3) is 0.562. The molecule has 1 heterocycles. The molecule has 0 aromatic heterocycles. The molecular weight excluding hydrogens is 316 g/mol. The normalized spacial score (nSPS) is 24.1. The Kier molecular flexibility index (Phi) is 5.61. The van der Waals surface area contributed by atoms with E-state index in [1.165, 1.54) is 17.7 Å². The summed E-state index contributed by atoms with van der Waals surface area (Å²) < 4.78 is 1.06. The third-order valence-electron chi connectivity index (χ3n) is 4.14. The molecule has 0 aliphatic carbocycles. The molecule has 0 spiro atoms. The van der Waals surface area contributed by atoms with E-state index in [0.717, 1.165) is 29.0 Å². The first-order chi connectivity index (χ1) is 9.54. The topological polar surface area (TPSA) is 33.5 Å². The molecule has 0 bridgehead atoms. The van der Waals surface area contributed by atoms with Gasteiger partial charge in [0, 0.05) is 4.47 Å². The number of carbonyl (C=O) groups excluding carboxylic acids is 1. The van der Waals surface area contributed by atoms with Crippen molar-refractivity contribution >= 4 is 21.8 Å². The number of rotatable bonds is 4. The van der Waals surface area contributed by atoms with E-state index in [4.69, 9.17) is 0 Å². The largest absolute Gasteiger partial charge is 0.345 e. The Bertz CT molecular complexity index is 438. The number of benzene rings is 1. The predicted molar refractivity (Wildman–Crippen MR) is 84.7 cm³/mol. The average molecular weight is 340 g/mol.